The summed E-state index contributed by atoms with van der Waals surface area (Å²) in [4.78, 5) is 4.47. The molecule has 2 aliphatic rings. The van der Waals surface area contributed by atoms with Gasteiger partial charge in [-0.2, -0.15) is 18.3 Å². The Hall–Kier alpha value is -2.15. The molecule has 1 aliphatic heterocycles. The minimum absolute atomic E-state index is 0.598. The van der Waals surface area contributed by atoms with E-state index in [0.717, 1.165) is 55.4 Å². The van der Waals surface area contributed by atoms with Crippen molar-refractivity contribution in [3.05, 3.63) is 53.2 Å². The van der Waals surface area contributed by atoms with Gasteiger partial charge in [0.05, 0.1) is 11.3 Å². The van der Waals surface area contributed by atoms with Crippen LogP contribution in [0.15, 0.2) is 36.4 Å². The summed E-state index contributed by atoms with van der Waals surface area (Å²) in [7, 11) is 0. The SMILES string of the molecule is FC(F)(F)c1ccc(CN2CCN(c3ccc(C4CC4)nn3)CC2)cc1. The van der Waals surface area contributed by atoms with Crippen LogP contribution in [-0.4, -0.2) is 41.3 Å². The number of nitrogens with zero attached hydrogens (tertiary/aromatic N) is 4. The van der Waals surface area contributed by atoms with Crippen molar-refractivity contribution in [1.82, 2.24) is 15.1 Å². The predicted octanol–water partition coefficient (Wildman–Crippen LogP) is 3.70. The van der Waals surface area contributed by atoms with Crippen molar-refractivity contribution < 1.29 is 13.2 Å². The molecule has 1 saturated heterocycles. The first-order valence-electron chi connectivity index (χ1n) is 8.96. The van der Waals surface area contributed by atoms with Gasteiger partial charge in [-0.05, 0) is 42.7 Å². The Bertz CT molecular complexity index is 731. The number of piperazine rings is 1. The lowest BCUT2D eigenvalue weighted by molar-refractivity contribution is -0.137. The number of hydrogen-bond donors (Lipinski definition) is 0. The first-order chi connectivity index (χ1) is 12.5. The van der Waals surface area contributed by atoms with Crippen LogP contribution in [0.2, 0.25) is 0 Å². The van der Waals surface area contributed by atoms with Crippen LogP contribution in [0.5, 0.6) is 0 Å². The second-order valence-corrected chi connectivity index (χ2v) is 7.05. The standard InChI is InChI=1S/C19H21F3N4/c20-19(21,22)16-5-1-14(2-6-16)13-25-9-11-26(12-10-25)18-8-7-17(23-24-18)15-3-4-15/h1-2,5-8,15H,3-4,9-13H2. The quantitative estimate of drug-likeness (QED) is 0.830. The third kappa shape index (κ3) is 3.98. The monoisotopic (exact) mass is 362 g/mol. The molecule has 4 nitrogen and oxygen atoms in total. The predicted molar refractivity (Wildman–Crippen MR) is 92.9 cm³/mol. The molecule has 0 unspecified atom stereocenters. The van der Waals surface area contributed by atoms with E-state index in [0.29, 0.717) is 12.5 Å². The lowest BCUT2D eigenvalue weighted by atomic mass is 10.1. The van der Waals surface area contributed by atoms with E-state index in [1.165, 1.54) is 12.8 Å². The highest BCUT2D eigenvalue weighted by molar-refractivity contribution is 5.38. The maximum atomic E-state index is 12.6. The highest BCUT2D eigenvalue weighted by atomic mass is 19.4. The van der Waals surface area contributed by atoms with Crippen LogP contribution in [0, 0.1) is 0 Å². The Balaban J connectivity index is 1.30. The molecule has 0 bridgehead atoms. The van der Waals surface area contributed by atoms with Gasteiger partial charge in [-0.1, -0.05) is 12.1 Å². The molecule has 0 radical (unpaired) electrons. The smallest absolute Gasteiger partial charge is 0.353 e. The van der Waals surface area contributed by atoms with Crippen LogP contribution in [0.3, 0.4) is 0 Å². The fourth-order valence-corrected chi connectivity index (χ4v) is 3.29. The summed E-state index contributed by atoms with van der Waals surface area (Å²) < 4.78 is 37.9. The number of halogens is 3. The zero-order chi connectivity index (χ0) is 18.1. The van der Waals surface area contributed by atoms with E-state index in [9.17, 15) is 13.2 Å². The molecule has 7 heteroatoms. The zero-order valence-electron chi connectivity index (χ0n) is 14.4. The van der Waals surface area contributed by atoms with Crippen LogP contribution >= 0.6 is 0 Å². The molecule has 138 valence electrons. The lowest BCUT2D eigenvalue weighted by Gasteiger charge is -2.35. The van der Waals surface area contributed by atoms with E-state index in [2.05, 4.69) is 26.1 Å². The van der Waals surface area contributed by atoms with E-state index in [1.807, 2.05) is 6.07 Å². The molecule has 1 aromatic heterocycles. The van der Waals surface area contributed by atoms with Crippen LogP contribution in [0.25, 0.3) is 0 Å². The van der Waals surface area contributed by atoms with Gasteiger partial charge >= 0.3 is 6.18 Å². The first-order valence-corrected chi connectivity index (χ1v) is 8.96. The van der Waals surface area contributed by atoms with Crippen molar-refractivity contribution in [1.29, 1.82) is 0 Å². The topological polar surface area (TPSA) is 32.3 Å². The molecule has 0 amide bonds. The highest BCUT2D eigenvalue weighted by Crippen LogP contribution is 2.38. The Kier molecular flexibility index (Phi) is 4.56. The molecule has 1 aliphatic carbocycles. The van der Waals surface area contributed by atoms with Gasteiger partial charge in [-0.15, -0.1) is 5.10 Å². The van der Waals surface area contributed by atoms with Crippen molar-refractivity contribution in [2.24, 2.45) is 0 Å². The van der Waals surface area contributed by atoms with Gasteiger partial charge in [0.2, 0.25) is 0 Å². The van der Waals surface area contributed by atoms with Crippen molar-refractivity contribution in [2.75, 3.05) is 31.1 Å². The zero-order valence-corrected chi connectivity index (χ0v) is 14.4. The summed E-state index contributed by atoms with van der Waals surface area (Å²) in [5.41, 5.74) is 1.40. The number of aromatic nitrogens is 2. The summed E-state index contributed by atoms with van der Waals surface area (Å²) in [5, 5.41) is 8.69. The summed E-state index contributed by atoms with van der Waals surface area (Å²) >= 11 is 0. The number of benzene rings is 1. The van der Waals surface area contributed by atoms with Gasteiger partial charge in [-0.25, -0.2) is 0 Å². The van der Waals surface area contributed by atoms with Crippen LogP contribution in [0.4, 0.5) is 19.0 Å². The second kappa shape index (κ2) is 6.87. The Labute approximate surface area is 150 Å². The van der Waals surface area contributed by atoms with Gasteiger partial charge in [0, 0.05) is 38.6 Å². The number of alkyl halides is 3. The normalized spacial score (nSPS) is 19.0. The van der Waals surface area contributed by atoms with E-state index < -0.39 is 11.7 Å². The maximum absolute atomic E-state index is 12.6. The van der Waals surface area contributed by atoms with E-state index in [1.54, 1.807) is 12.1 Å². The molecule has 2 heterocycles. The Morgan fingerprint density at radius 3 is 2.12 bits per heavy atom. The van der Waals surface area contributed by atoms with E-state index >= 15 is 0 Å². The molecule has 0 atom stereocenters. The van der Waals surface area contributed by atoms with Crippen molar-refractivity contribution in [2.45, 2.75) is 31.5 Å². The molecule has 1 aromatic carbocycles. The van der Waals surface area contributed by atoms with E-state index in [-0.39, 0.29) is 0 Å². The fourth-order valence-electron chi connectivity index (χ4n) is 3.29. The second-order valence-electron chi connectivity index (χ2n) is 7.05. The van der Waals surface area contributed by atoms with Crippen LogP contribution in [-0.2, 0) is 12.7 Å². The molecule has 1 saturated carbocycles. The number of rotatable bonds is 4. The molecular formula is C19H21F3N4. The summed E-state index contributed by atoms with van der Waals surface area (Å²) in [6, 6.07) is 9.57. The van der Waals surface area contributed by atoms with Crippen molar-refractivity contribution in [3.8, 4) is 0 Å². The molecule has 2 fully saturated rings. The number of hydrogen-bond acceptors (Lipinski definition) is 4. The van der Waals surface area contributed by atoms with Crippen LogP contribution in [0.1, 0.15) is 35.6 Å². The summed E-state index contributed by atoms with van der Waals surface area (Å²) in [5.74, 6) is 1.51. The summed E-state index contributed by atoms with van der Waals surface area (Å²) in [6.45, 7) is 4.06. The van der Waals surface area contributed by atoms with Crippen molar-refractivity contribution >= 4 is 5.82 Å². The molecular weight excluding hydrogens is 341 g/mol. The average molecular weight is 362 g/mol. The maximum Gasteiger partial charge on any atom is 0.416 e. The fraction of sp³-hybridized carbons (Fsp3) is 0.474. The third-order valence-electron chi connectivity index (χ3n) is 5.05. The van der Waals surface area contributed by atoms with Gasteiger partial charge in [0.1, 0.15) is 0 Å². The Morgan fingerprint density at radius 2 is 1.58 bits per heavy atom. The van der Waals surface area contributed by atoms with Gasteiger partial charge < -0.3 is 4.90 Å². The largest absolute Gasteiger partial charge is 0.416 e. The molecule has 0 spiro atoms. The van der Waals surface area contributed by atoms with E-state index in [4.69, 9.17) is 0 Å². The van der Waals surface area contributed by atoms with Gasteiger partial charge in [0.25, 0.3) is 0 Å². The average Bonchev–Trinajstić information content (AvgIpc) is 3.48. The minimum Gasteiger partial charge on any atom is -0.353 e. The highest BCUT2D eigenvalue weighted by Gasteiger charge is 2.30. The Morgan fingerprint density at radius 1 is 0.885 bits per heavy atom. The number of anilines is 1. The molecule has 26 heavy (non-hydrogen) atoms. The van der Waals surface area contributed by atoms with Crippen LogP contribution < -0.4 is 4.90 Å². The van der Waals surface area contributed by atoms with Gasteiger partial charge in [-0.3, -0.25) is 4.90 Å². The lowest BCUT2D eigenvalue weighted by Crippen LogP contribution is -2.46. The summed E-state index contributed by atoms with van der Waals surface area (Å²) in [6.07, 6.45) is -1.84. The molecule has 4 rings (SSSR count). The molecule has 0 N–H and O–H groups in total. The first kappa shape index (κ1) is 17.3. The third-order valence-corrected chi connectivity index (χ3v) is 5.05. The molecule has 2 aromatic rings. The van der Waals surface area contributed by atoms with Gasteiger partial charge in [0.15, 0.2) is 5.82 Å². The van der Waals surface area contributed by atoms with Crippen molar-refractivity contribution in [3.63, 3.8) is 0 Å². The minimum atomic E-state index is -4.28.